The summed E-state index contributed by atoms with van der Waals surface area (Å²) >= 11 is 0. The van der Waals surface area contributed by atoms with Crippen molar-refractivity contribution in [1.29, 1.82) is 0 Å². The molecule has 0 aromatic rings. The zero-order valence-corrected chi connectivity index (χ0v) is 18.1. The second-order valence-electron chi connectivity index (χ2n) is 6.15. The fourth-order valence-corrected chi connectivity index (χ4v) is 7.31. The van der Waals surface area contributed by atoms with Crippen molar-refractivity contribution in [3.05, 3.63) is 0 Å². The van der Waals surface area contributed by atoms with Gasteiger partial charge in [0.2, 0.25) is 0 Å². The van der Waals surface area contributed by atoms with Crippen LogP contribution in [0.5, 0.6) is 0 Å². The van der Waals surface area contributed by atoms with Gasteiger partial charge < -0.3 is 30.6 Å². The first-order valence-corrected chi connectivity index (χ1v) is 13.6. The van der Waals surface area contributed by atoms with Gasteiger partial charge in [-0.25, -0.2) is 0 Å². The van der Waals surface area contributed by atoms with E-state index in [1.807, 2.05) is 0 Å². The highest BCUT2D eigenvalue weighted by atomic mass is 31.1. The van der Waals surface area contributed by atoms with Crippen molar-refractivity contribution in [2.45, 2.75) is 38.5 Å². The molecule has 0 aliphatic heterocycles. The maximum absolute atomic E-state index is 8.68. The number of rotatable bonds is 18. The molecular weight excluding hydrogens is 374 g/mol. The Bertz CT molecular complexity index is 188. The molecular formula is C18H42O6P2. The molecule has 0 heterocycles. The number of aliphatic hydroxyl groups is 6. The molecule has 0 fully saturated rings. The summed E-state index contributed by atoms with van der Waals surface area (Å²) in [7, 11) is -0.117. The van der Waals surface area contributed by atoms with Crippen molar-refractivity contribution in [2.24, 2.45) is 0 Å². The normalized spacial score (nSPS) is 11.1. The monoisotopic (exact) mass is 416 g/mol. The van der Waals surface area contributed by atoms with Gasteiger partial charge in [-0.05, 0) is 75.5 Å². The Morgan fingerprint density at radius 1 is 0.308 bits per heavy atom. The number of hydrogen-bond acceptors (Lipinski definition) is 6. The van der Waals surface area contributed by atoms with E-state index in [1.54, 1.807) is 0 Å². The summed E-state index contributed by atoms with van der Waals surface area (Å²) in [4.78, 5) is 0. The molecule has 0 atom stereocenters. The Hall–Kier alpha value is 0.620. The van der Waals surface area contributed by atoms with Gasteiger partial charge in [0.1, 0.15) is 0 Å². The van der Waals surface area contributed by atoms with Gasteiger partial charge in [-0.1, -0.05) is 0 Å². The van der Waals surface area contributed by atoms with Crippen molar-refractivity contribution in [3.63, 3.8) is 0 Å². The van der Waals surface area contributed by atoms with Crippen LogP contribution in [0.2, 0.25) is 0 Å². The first kappa shape index (κ1) is 28.8. The molecule has 0 aliphatic carbocycles. The second kappa shape index (κ2) is 25.6. The number of hydrogen-bond donors (Lipinski definition) is 6. The molecule has 0 rings (SSSR count). The summed E-state index contributed by atoms with van der Waals surface area (Å²) in [5.74, 6) is 0. The Labute approximate surface area is 162 Å². The Kier molecular flexibility index (Phi) is 28.4. The lowest BCUT2D eigenvalue weighted by Crippen LogP contribution is -2.00. The quantitative estimate of drug-likeness (QED) is 0.187. The maximum Gasteiger partial charge on any atom is 0.0434 e. The van der Waals surface area contributed by atoms with Gasteiger partial charge in [-0.15, -0.1) is 15.8 Å². The third-order valence-corrected chi connectivity index (χ3v) is 9.49. The summed E-state index contributed by atoms with van der Waals surface area (Å²) < 4.78 is 0. The molecule has 6 nitrogen and oxygen atoms in total. The van der Waals surface area contributed by atoms with Crippen LogP contribution in [0.25, 0.3) is 0 Å². The minimum atomic E-state index is -0.0583. The Balaban J connectivity index is 0. The third-order valence-electron chi connectivity index (χ3n) is 3.79. The van der Waals surface area contributed by atoms with Crippen molar-refractivity contribution in [1.82, 2.24) is 0 Å². The summed E-state index contributed by atoms with van der Waals surface area (Å²) in [6, 6.07) is 0. The Morgan fingerprint density at radius 3 is 0.577 bits per heavy atom. The lowest BCUT2D eigenvalue weighted by atomic mass is 10.5. The standard InChI is InChI=1S/2C9H21O3P/c2*10-4-1-7-13(8-2-5-11)9-3-6-12/h2*10-12H,1-9H2. The van der Waals surface area contributed by atoms with Crippen LogP contribution >= 0.6 is 15.8 Å². The largest absolute Gasteiger partial charge is 0.396 e. The fourth-order valence-electron chi connectivity index (χ4n) is 2.44. The highest BCUT2D eigenvalue weighted by Gasteiger charge is 2.07. The van der Waals surface area contributed by atoms with E-state index >= 15 is 0 Å². The Morgan fingerprint density at radius 2 is 0.462 bits per heavy atom. The third kappa shape index (κ3) is 22.7. The average molecular weight is 416 g/mol. The minimum Gasteiger partial charge on any atom is -0.396 e. The van der Waals surface area contributed by atoms with Crippen LogP contribution in [-0.2, 0) is 0 Å². The van der Waals surface area contributed by atoms with Crippen LogP contribution in [0.3, 0.4) is 0 Å². The molecule has 26 heavy (non-hydrogen) atoms. The van der Waals surface area contributed by atoms with E-state index in [1.165, 1.54) is 0 Å². The lowest BCUT2D eigenvalue weighted by Gasteiger charge is -2.15. The van der Waals surface area contributed by atoms with Crippen LogP contribution in [0.1, 0.15) is 38.5 Å². The molecule has 0 spiro atoms. The maximum atomic E-state index is 8.68. The van der Waals surface area contributed by atoms with E-state index in [0.717, 1.165) is 75.5 Å². The van der Waals surface area contributed by atoms with Crippen LogP contribution in [0, 0.1) is 0 Å². The second-order valence-corrected chi connectivity index (χ2v) is 11.5. The van der Waals surface area contributed by atoms with Gasteiger partial charge in [0.15, 0.2) is 0 Å². The predicted octanol–water partition coefficient (Wildman–Crippen LogP) is 1.23. The summed E-state index contributed by atoms with van der Waals surface area (Å²) in [5, 5.41) is 52.1. The van der Waals surface area contributed by atoms with Crippen LogP contribution < -0.4 is 0 Å². The van der Waals surface area contributed by atoms with E-state index in [-0.39, 0.29) is 55.5 Å². The first-order valence-electron chi connectivity index (χ1n) is 9.79. The zero-order chi connectivity index (χ0) is 19.9. The minimum absolute atomic E-state index is 0.0583. The van der Waals surface area contributed by atoms with Gasteiger partial charge >= 0.3 is 0 Å². The zero-order valence-electron chi connectivity index (χ0n) is 16.3. The SMILES string of the molecule is OCCCP(CCCO)CCCO.OCCCP(CCCO)CCCO. The van der Waals surface area contributed by atoms with Crippen LogP contribution in [0.15, 0.2) is 0 Å². The van der Waals surface area contributed by atoms with E-state index in [4.69, 9.17) is 30.6 Å². The smallest absolute Gasteiger partial charge is 0.0434 e. The molecule has 0 amide bonds. The number of aliphatic hydroxyl groups excluding tert-OH is 6. The summed E-state index contributed by atoms with van der Waals surface area (Å²) in [5.41, 5.74) is 0. The van der Waals surface area contributed by atoms with Gasteiger partial charge in [0.05, 0.1) is 0 Å². The molecule has 0 saturated heterocycles. The van der Waals surface area contributed by atoms with Crippen LogP contribution in [0.4, 0.5) is 0 Å². The topological polar surface area (TPSA) is 121 Å². The van der Waals surface area contributed by atoms with Gasteiger partial charge in [-0.2, -0.15) is 0 Å². The van der Waals surface area contributed by atoms with E-state index < -0.39 is 0 Å². The van der Waals surface area contributed by atoms with Gasteiger partial charge in [0.25, 0.3) is 0 Å². The van der Waals surface area contributed by atoms with Crippen molar-refractivity contribution < 1.29 is 30.6 Å². The van der Waals surface area contributed by atoms with E-state index in [2.05, 4.69) is 0 Å². The predicted molar refractivity (Wildman–Crippen MR) is 113 cm³/mol. The highest BCUT2D eigenvalue weighted by Crippen LogP contribution is 2.37. The van der Waals surface area contributed by atoms with Gasteiger partial charge in [0, 0.05) is 39.6 Å². The first-order chi connectivity index (χ1) is 12.7. The van der Waals surface area contributed by atoms with Crippen molar-refractivity contribution in [2.75, 3.05) is 76.6 Å². The van der Waals surface area contributed by atoms with E-state index in [9.17, 15) is 0 Å². The molecule has 0 aromatic carbocycles. The molecule has 0 bridgehead atoms. The molecule has 0 radical (unpaired) electrons. The van der Waals surface area contributed by atoms with Crippen molar-refractivity contribution >= 4 is 15.8 Å². The summed E-state index contributed by atoms with van der Waals surface area (Å²) in [6.45, 7) is 1.57. The molecule has 0 aliphatic rings. The summed E-state index contributed by atoms with van der Waals surface area (Å²) in [6.07, 6.45) is 11.6. The molecule has 6 N–H and O–H groups in total. The van der Waals surface area contributed by atoms with Crippen LogP contribution in [-0.4, -0.2) is 107 Å². The molecule has 0 unspecified atom stereocenters. The van der Waals surface area contributed by atoms with E-state index in [0.29, 0.717) is 0 Å². The molecule has 160 valence electrons. The molecule has 0 aromatic heterocycles. The molecule has 0 saturated carbocycles. The lowest BCUT2D eigenvalue weighted by molar-refractivity contribution is 0.291. The fraction of sp³-hybridized carbons (Fsp3) is 1.00. The average Bonchev–Trinajstić information content (AvgIpc) is 2.67. The van der Waals surface area contributed by atoms with Crippen molar-refractivity contribution in [3.8, 4) is 0 Å². The highest BCUT2D eigenvalue weighted by molar-refractivity contribution is 7.57. The van der Waals surface area contributed by atoms with Gasteiger partial charge in [-0.3, -0.25) is 0 Å². The molecule has 8 heteroatoms.